The van der Waals surface area contributed by atoms with Crippen molar-refractivity contribution in [1.29, 1.82) is 0 Å². The first-order valence-electron chi connectivity index (χ1n) is 9.93. The van der Waals surface area contributed by atoms with Crippen LogP contribution in [0.2, 0.25) is 0 Å². The predicted molar refractivity (Wildman–Crippen MR) is 120 cm³/mol. The second kappa shape index (κ2) is 10.7. The van der Waals surface area contributed by atoms with Crippen LogP contribution in [-0.2, 0) is 16.1 Å². The van der Waals surface area contributed by atoms with Crippen LogP contribution in [0.15, 0.2) is 40.8 Å². The highest BCUT2D eigenvalue weighted by Gasteiger charge is 2.27. The van der Waals surface area contributed by atoms with Crippen molar-refractivity contribution in [2.45, 2.75) is 20.5 Å². The van der Waals surface area contributed by atoms with Gasteiger partial charge in [0, 0.05) is 0 Å². The van der Waals surface area contributed by atoms with Gasteiger partial charge < -0.3 is 28.7 Å². The Kier molecular flexibility index (Phi) is 7.73. The van der Waals surface area contributed by atoms with Crippen LogP contribution in [0.5, 0.6) is 11.5 Å². The first-order chi connectivity index (χ1) is 15.9. The number of hydrogen-bond acceptors (Lipinski definition) is 9. The van der Waals surface area contributed by atoms with E-state index in [9.17, 15) is 14.4 Å². The number of rotatable bonds is 9. The van der Waals surface area contributed by atoms with E-state index in [-0.39, 0.29) is 34.4 Å². The monoisotopic (exact) mass is 473 g/mol. The zero-order chi connectivity index (χ0) is 24.0. The van der Waals surface area contributed by atoms with Crippen molar-refractivity contribution in [2.24, 2.45) is 0 Å². The number of carbonyl (C=O) groups excluding carboxylic acids is 3. The van der Waals surface area contributed by atoms with Crippen molar-refractivity contribution in [1.82, 2.24) is 0 Å². The molecular weight excluding hydrogens is 450 g/mol. The van der Waals surface area contributed by atoms with Crippen LogP contribution in [-0.4, -0.2) is 38.7 Å². The van der Waals surface area contributed by atoms with E-state index in [4.69, 9.17) is 23.4 Å². The zero-order valence-corrected chi connectivity index (χ0v) is 19.4. The summed E-state index contributed by atoms with van der Waals surface area (Å²) in [6.07, 6.45) is 0. The van der Waals surface area contributed by atoms with E-state index in [1.54, 1.807) is 51.3 Å². The summed E-state index contributed by atoms with van der Waals surface area (Å²) in [6, 6.07) is 10.1. The van der Waals surface area contributed by atoms with Gasteiger partial charge in [0.2, 0.25) is 0 Å². The molecule has 2 heterocycles. The molecule has 2 aromatic heterocycles. The number of methoxy groups -OCH3 is 2. The van der Waals surface area contributed by atoms with Gasteiger partial charge >= 0.3 is 11.9 Å². The number of anilines is 1. The molecular formula is C23H23NO8S. The minimum Gasteiger partial charge on any atom is -0.497 e. The van der Waals surface area contributed by atoms with Gasteiger partial charge in [0.15, 0.2) is 5.76 Å². The predicted octanol–water partition coefficient (Wildman–Crippen LogP) is 4.45. The fourth-order valence-corrected chi connectivity index (χ4v) is 3.99. The third-order valence-corrected chi connectivity index (χ3v) is 5.74. The number of nitrogens with one attached hydrogen (secondary N) is 1. The number of carbonyl (C=O) groups is 3. The van der Waals surface area contributed by atoms with E-state index >= 15 is 0 Å². The molecule has 1 amide bonds. The van der Waals surface area contributed by atoms with Crippen LogP contribution in [0.3, 0.4) is 0 Å². The van der Waals surface area contributed by atoms with Gasteiger partial charge in [-0.05, 0) is 55.8 Å². The normalized spacial score (nSPS) is 10.4. The highest BCUT2D eigenvalue weighted by Crippen LogP contribution is 2.34. The molecule has 1 N–H and O–H groups in total. The van der Waals surface area contributed by atoms with Crippen LogP contribution in [0, 0.1) is 6.92 Å². The van der Waals surface area contributed by atoms with E-state index in [1.807, 2.05) is 0 Å². The van der Waals surface area contributed by atoms with Gasteiger partial charge in [-0.15, -0.1) is 11.3 Å². The number of ether oxygens (including phenoxy) is 4. The van der Waals surface area contributed by atoms with Gasteiger partial charge in [-0.2, -0.15) is 0 Å². The van der Waals surface area contributed by atoms with Crippen molar-refractivity contribution in [3.8, 4) is 11.5 Å². The SMILES string of the molecule is CCOC(=O)c1sc(NC(=O)c2ccc(COc3ccc(OC)cc3)o2)c(C(=O)OC)c1C. The van der Waals surface area contributed by atoms with Crippen molar-refractivity contribution in [2.75, 3.05) is 26.1 Å². The minimum atomic E-state index is -0.678. The number of thiophene rings is 1. The molecule has 10 heteroatoms. The van der Waals surface area contributed by atoms with Crippen LogP contribution >= 0.6 is 11.3 Å². The maximum Gasteiger partial charge on any atom is 0.348 e. The number of benzene rings is 1. The molecule has 0 bridgehead atoms. The van der Waals surface area contributed by atoms with Crippen molar-refractivity contribution < 1.29 is 37.7 Å². The summed E-state index contributed by atoms with van der Waals surface area (Å²) in [7, 11) is 2.80. The lowest BCUT2D eigenvalue weighted by Gasteiger charge is -2.06. The average molecular weight is 474 g/mol. The van der Waals surface area contributed by atoms with Crippen LogP contribution in [0.25, 0.3) is 0 Å². The Morgan fingerprint density at radius 3 is 2.33 bits per heavy atom. The summed E-state index contributed by atoms with van der Waals surface area (Å²) >= 11 is 0.934. The minimum absolute atomic E-state index is 0.0166. The Balaban J connectivity index is 1.73. The van der Waals surface area contributed by atoms with Gasteiger partial charge in [0.05, 0.1) is 26.4 Å². The van der Waals surface area contributed by atoms with E-state index in [0.717, 1.165) is 11.3 Å². The summed E-state index contributed by atoms with van der Waals surface area (Å²) in [5.41, 5.74) is 0.460. The summed E-state index contributed by atoms with van der Waals surface area (Å²) in [5.74, 6) is -0.0830. The molecule has 0 spiro atoms. The summed E-state index contributed by atoms with van der Waals surface area (Å²) in [6.45, 7) is 3.56. The summed E-state index contributed by atoms with van der Waals surface area (Å²) in [5, 5.41) is 2.79. The fourth-order valence-electron chi connectivity index (χ4n) is 2.91. The summed E-state index contributed by atoms with van der Waals surface area (Å²) < 4.78 is 26.2. The number of furan rings is 1. The maximum atomic E-state index is 12.7. The van der Waals surface area contributed by atoms with Crippen molar-refractivity contribution >= 4 is 34.2 Å². The molecule has 174 valence electrons. The third kappa shape index (κ3) is 5.53. The lowest BCUT2D eigenvalue weighted by Crippen LogP contribution is -2.13. The van der Waals surface area contributed by atoms with E-state index in [2.05, 4.69) is 5.32 Å². The number of hydrogen-bond donors (Lipinski definition) is 1. The zero-order valence-electron chi connectivity index (χ0n) is 18.6. The molecule has 0 saturated carbocycles. The van der Waals surface area contributed by atoms with Crippen molar-refractivity contribution in [3.05, 3.63) is 63.9 Å². The quantitative estimate of drug-likeness (QED) is 0.454. The van der Waals surface area contributed by atoms with E-state index in [1.165, 1.54) is 13.2 Å². The van der Waals surface area contributed by atoms with Gasteiger partial charge in [-0.3, -0.25) is 4.79 Å². The lowest BCUT2D eigenvalue weighted by atomic mass is 10.1. The van der Waals surface area contributed by atoms with E-state index < -0.39 is 17.8 Å². The molecule has 1 aromatic carbocycles. The van der Waals surface area contributed by atoms with Gasteiger partial charge in [-0.1, -0.05) is 0 Å². The Morgan fingerprint density at radius 1 is 1.00 bits per heavy atom. The Bertz CT molecular complexity index is 1150. The second-order valence-electron chi connectivity index (χ2n) is 6.66. The molecule has 0 radical (unpaired) electrons. The topological polar surface area (TPSA) is 113 Å². The highest BCUT2D eigenvalue weighted by molar-refractivity contribution is 7.18. The Labute approximate surface area is 194 Å². The van der Waals surface area contributed by atoms with Gasteiger partial charge in [0.25, 0.3) is 5.91 Å². The maximum absolute atomic E-state index is 12.7. The number of amides is 1. The molecule has 0 aliphatic rings. The molecule has 0 fully saturated rings. The average Bonchev–Trinajstić information content (AvgIpc) is 3.42. The Morgan fingerprint density at radius 2 is 1.70 bits per heavy atom. The van der Waals surface area contributed by atoms with E-state index in [0.29, 0.717) is 22.8 Å². The Hall–Kier alpha value is -3.79. The summed E-state index contributed by atoms with van der Waals surface area (Å²) in [4.78, 5) is 37.4. The molecule has 33 heavy (non-hydrogen) atoms. The fraction of sp³-hybridized carbons (Fsp3) is 0.261. The first kappa shape index (κ1) is 23.9. The molecule has 3 rings (SSSR count). The van der Waals surface area contributed by atoms with Crippen LogP contribution in [0.1, 0.15) is 48.8 Å². The number of esters is 2. The highest BCUT2D eigenvalue weighted by atomic mass is 32.1. The smallest absolute Gasteiger partial charge is 0.348 e. The van der Waals surface area contributed by atoms with Crippen LogP contribution in [0.4, 0.5) is 5.00 Å². The first-order valence-corrected chi connectivity index (χ1v) is 10.7. The molecule has 0 saturated heterocycles. The molecule has 0 atom stereocenters. The second-order valence-corrected chi connectivity index (χ2v) is 7.68. The van der Waals surface area contributed by atoms with Crippen LogP contribution < -0.4 is 14.8 Å². The standard InChI is InChI=1S/C23H23NO8S/c1-5-30-23(27)19-13(2)18(22(26)29-4)21(33-19)24-20(25)17-11-10-16(32-17)12-31-15-8-6-14(28-3)7-9-15/h6-11H,5,12H2,1-4H3,(H,24,25). The lowest BCUT2D eigenvalue weighted by molar-refractivity contribution is 0.0531. The molecule has 0 aliphatic heterocycles. The van der Waals surface area contributed by atoms with Gasteiger partial charge in [0.1, 0.15) is 33.7 Å². The third-order valence-electron chi connectivity index (χ3n) is 4.55. The molecule has 0 unspecified atom stereocenters. The van der Waals surface area contributed by atoms with Crippen molar-refractivity contribution in [3.63, 3.8) is 0 Å². The molecule has 3 aromatic rings. The van der Waals surface area contributed by atoms with Gasteiger partial charge in [-0.25, -0.2) is 9.59 Å². The molecule has 0 aliphatic carbocycles. The largest absolute Gasteiger partial charge is 0.497 e. The molecule has 9 nitrogen and oxygen atoms in total.